The van der Waals surface area contributed by atoms with E-state index in [1.165, 1.54) is 0 Å². The lowest BCUT2D eigenvalue weighted by atomic mass is 9.76. The van der Waals surface area contributed by atoms with Crippen molar-refractivity contribution in [3.8, 4) is 0 Å². The van der Waals surface area contributed by atoms with Gasteiger partial charge in [-0.1, -0.05) is 25.9 Å². The van der Waals surface area contributed by atoms with Crippen LogP contribution in [0.2, 0.25) is 0 Å². The van der Waals surface area contributed by atoms with E-state index in [1.807, 2.05) is 0 Å². The molecular weight excluding hydrogens is 230 g/mol. The summed E-state index contributed by atoms with van der Waals surface area (Å²) < 4.78 is 10.9. The van der Waals surface area contributed by atoms with Crippen LogP contribution < -0.4 is 5.32 Å². The molecule has 0 aliphatic carbocycles. The van der Waals surface area contributed by atoms with Crippen LogP contribution in [0.25, 0.3) is 0 Å². The Bertz CT molecular complexity index is 379. The van der Waals surface area contributed by atoms with E-state index >= 15 is 0 Å². The zero-order valence-electron chi connectivity index (χ0n) is 11.7. The van der Waals surface area contributed by atoms with Crippen LogP contribution in [0.5, 0.6) is 0 Å². The quantitative estimate of drug-likeness (QED) is 0.870. The summed E-state index contributed by atoms with van der Waals surface area (Å²) in [5, 5.41) is 7.49. The first kappa shape index (κ1) is 13.5. The fourth-order valence-electron chi connectivity index (χ4n) is 2.66. The third kappa shape index (κ3) is 2.17. The number of rotatable bonds is 5. The van der Waals surface area contributed by atoms with E-state index < -0.39 is 0 Å². The van der Waals surface area contributed by atoms with Crippen molar-refractivity contribution in [3.05, 3.63) is 11.7 Å². The van der Waals surface area contributed by atoms with Gasteiger partial charge in [-0.2, -0.15) is 4.98 Å². The normalized spacial score (nSPS) is 25.8. The van der Waals surface area contributed by atoms with Crippen molar-refractivity contribution in [1.29, 1.82) is 0 Å². The van der Waals surface area contributed by atoms with Gasteiger partial charge in [-0.15, -0.1) is 0 Å². The average Bonchev–Trinajstić information content (AvgIpc) is 2.99. The van der Waals surface area contributed by atoms with Gasteiger partial charge in [0, 0.05) is 13.7 Å². The molecule has 1 aromatic rings. The molecule has 0 bridgehead atoms. The minimum atomic E-state index is -0.0684. The Balaban J connectivity index is 2.27. The van der Waals surface area contributed by atoms with E-state index in [1.54, 1.807) is 7.11 Å². The van der Waals surface area contributed by atoms with Gasteiger partial charge in [0.05, 0.1) is 5.41 Å². The predicted octanol–water partition coefficient (Wildman–Crippen LogP) is 2.05. The zero-order chi connectivity index (χ0) is 13.2. The minimum absolute atomic E-state index is 0.0166. The Morgan fingerprint density at radius 1 is 1.50 bits per heavy atom. The number of methoxy groups -OCH3 is 1. The fourth-order valence-corrected chi connectivity index (χ4v) is 2.66. The summed E-state index contributed by atoms with van der Waals surface area (Å²) in [4.78, 5) is 4.58. The van der Waals surface area contributed by atoms with Crippen molar-refractivity contribution in [3.63, 3.8) is 0 Å². The molecule has 1 aromatic heterocycles. The second-order valence-corrected chi connectivity index (χ2v) is 5.33. The van der Waals surface area contributed by atoms with Crippen LogP contribution in [0, 0.1) is 5.92 Å². The first-order chi connectivity index (χ1) is 8.64. The zero-order valence-corrected chi connectivity index (χ0v) is 11.7. The van der Waals surface area contributed by atoms with Crippen LogP contribution >= 0.6 is 0 Å². The molecule has 2 atom stereocenters. The standard InChI is InChI=1S/C13H23N3O2/c1-5-10(17-4)11-15-12(18-16-11)13(9(2)3)6-7-14-8-13/h9-10,14H,5-8H2,1-4H3. The number of nitrogens with zero attached hydrogens (tertiary/aromatic N) is 2. The summed E-state index contributed by atoms with van der Waals surface area (Å²) in [5.74, 6) is 1.90. The molecule has 0 aromatic carbocycles. The number of nitrogens with one attached hydrogen (secondary N) is 1. The number of hydrogen-bond acceptors (Lipinski definition) is 5. The third-order valence-electron chi connectivity index (χ3n) is 4.10. The van der Waals surface area contributed by atoms with Crippen molar-refractivity contribution in [2.45, 2.75) is 45.1 Å². The maximum absolute atomic E-state index is 5.52. The van der Waals surface area contributed by atoms with Gasteiger partial charge in [0.2, 0.25) is 11.7 Å². The van der Waals surface area contributed by atoms with Gasteiger partial charge >= 0.3 is 0 Å². The Kier molecular flexibility index (Phi) is 4.02. The highest BCUT2D eigenvalue weighted by Crippen LogP contribution is 2.37. The van der Waals surface area contributed by atoms with E-state index in [0.29, 0.717) is 11.7 Å². The molecule has 0 spiro atoms. The smallest absolute Gasteiger partial charge is 0.234 e. The lowest BCUT2D eigenvalue weighted by Gasteiger charge is -2.28. The molecule has 102 valence electrons. The molecule has 0 radical (unpaired) electrons. The lowest BCUT2D eigenvalue weighted by Crippen LogP contribution is -2.35. The number of hydrogen-bond donors (Lipinski definition) is 1. The molecule has 0 amide bonds. The van der Waals surface area contributed by atoms with E-state index in [9.17, 15) is 0 Å². The Morgan fingerprint density at radius 2 is 2.28 bits per heavy atom. The van der Waals surface area contributed by atoms with Gasteiger partial charge in [-0.3, -0.25) is 0 Å². The predicted molar refractivity (Wildman–Crippen MR) is 68.3 cm³/mol. The molecule has 18 heavy (non-hydrogen) atoms. The van der Waals surface area contributed by atoms with E-state index in [-0.39, 0.29) is 11.5 Å². The summed E-state index contributed by atoms with van der Waals surface area (Å²) in [6.45, 7) is 8.40. The van der Waals surface area contributed by atoms with Crippen molar-refractivity contribution in [1.82, 2.24) is 15.5 Å². The molecule has 2 unspecified atom stereocenters. The molecule has 1 saturated heterocycles. The van der Waals surface area contributed by atoms with Crippen molar-refractivity contribution in [2.75, 3.05) is 20.2 Å². The summed E-state index contributed by atoms with van der Waals surface area (Å²) in [7, 11) is 1.68. The molecule has 1 fully saturated rings. The Morgan fingerprint density at radius 3 is 2.78 bits per heavy atom. The van der Waals surface area contributed by atoms with Crippen LogP contribution in [-0.4, -0.2) is 30.3 Å². The highest BCUT2D eigenvalue weighted by atomic mass is 16.5. The average molecular weight is 253 g/mol. The van der Waals surface area contributed by atoms with Gasteiger partial charge in [0.1, 0.15) is 6.10 Å². The van der Waals surface area contributed by atoms with Gasteiger partial charge < -0.3 is 14.6 Å². The Hall–Kier alpha value is -0.940. The van der Waals surface area contributed by atoms with Gasteiger partial charge in [0.25, 0.3) is 0 Å². The second kappa shape index (κ2) is 5.36. The molecule has 0 saturated carbocycles. The van der Waals surface area contributed by atoms with Crippen molar-refractivity contribution >= 4 is 0 Å². The van der Waals surface area contributed by atoms with Crippen molar-refractivity contribution in [2.24, 2.45) is 5.92 Å². The molecule has 5 heteroatoms. The Labute approximate surface area is 108 Å². The van der Waals surface area contributed by atoms with E-state index in [0.717, 1.165) is 31.8 Å². The molecule has 1 N–H and O–H groups in total. The summed E-state index contributed by atoms with van der Waals surface area (Å²) in [6, 6.07) is 0. The van der Waals surface area contributed by atoms with Crippen LogP contribution in [-0.2, 0) is 10.2 Å². The maximum atomic E-state index is 5.52. The van der Waals surface area contributed by atoms with Crippen LogP contribution in [0.4, 0.5) is 0 Å². The summed E-state index contributed by atoms with van der Waals surface area (Å²) in [6.07, 6.45) is 1.83. The lowest BCUT2D eigenvalue weighted by molar-refractivity contribution is 0.0903. The van der Waals surface area contributed by atoms with Crippen molar-refractivity contribution < 1.29 is 9.26 Å². The molecule has 1 aliphatic rings. The van der Waals surface area contributed by atoms with Gasteiger partial charge in [-0.25, -0.2) is 0 Å². The SMILES string of the molecule is CCC(OC)c1noc(C2(C(C)C)CCNC2)n1. The largest absolute Gasteiger partial charge is 0.373 e. The molecule has 2 rings (SSSR count). The minimum Gasteiger partial charge on any atom is -0.373 e. The topological polar surface area (TPSA) is 60.2 Å². The molecule has 5 nitrogen and oxygen atoms in total. The second-order valence-electron chi connectivity index (χ2n) is 5.33. The molecule has 2 heterocycles. The molecule has 1 aliphatic heterocycles. The fraction of sp³-hybridized carbons (Fsp3) is 0.846. The number of ether oxygens (including phenoxy) is 1. The highest BCUT2D eigenvalue weighted by molar-refractivity contribution is 5.12. The van der Waals surface area contributed by atoms with Gasteiger partial charge in [-0.05, 0) is 25.3 Å². The van der Waals surface area contributed by atoms with Crippen LogP contribution in [0.15, 0.2) is 4.52 Å². The monoisotopic (exact) mass is 253 g/mol. The van der Waals surface area contributed by atoms with E-state index in [2.05, 4.69) is 36.2 Å². The first-order valence-electron chi connectivity index (χ1n) is 6.71. The number of aromatic nitrogens is 2. The highest BCUT2D eigenvalue weighted by Gasteiger charge is 2.43. The van der Waals surface area contributed by atoms with Crippen LogP contribution in [0.3, 0.4) is 0 Å². The van der Waals surface area contributed by atoms with Crippen LogP contribution in [0.1, 0.15) is 51.4 Å². The first-order valence-corrected chi connectivity index (χ1v) is 6.71. The van der Waals surface area contributed by atoms with Gasteiger partial charge in [0.15, 0.2) is 0 Å². The summed E-state index contributed by atoms with van der Waals surface area (Å²) in [5.41, 5.74) is -0.0166. The summed E-state index contributed by atoms with van der Waals surface area (Å²) >= 11 is 0. The van der Waals surface area contributed by atoms with E-state index in [4.69, 9.17) is 9.26 Å². The maximum Gasteiger partial charge on any atom is 0.234 e. The third-order valence-corrected chi connectivity index (χ3v) is 4.10. The molecular formula is C13H23N3O2.